The summed E-state index contributed by atoms with van der Waals surface area (Å²) >= 11 is 3.58. The molecule has 0 N–H and O–H groups in total. The summed E-state index contributed by atoms with van der Waals surface area (Å²) < 4.78 is 2.17. The van der Waals surface area contributed by atoms with Gasteiger partial charge in [-0.2, -0.15) is 0 Å². The number of rotatable bonds is 2. The Kier molecular flexibility index (Phi) is 3.15. The van der Waals surface area contributed by atoms with Gasteiger partial charge in [0, 0.05) is 17.1 Å². The highest BCUT2D eigenvalue weighted by molar-refractivity contribution is 9.08. The maximum Gasteiger partial charge on any atom is 0.137 e. The summed E-state index contributed by atoms with van der Waals surface area (Å²) in [6.45, 7) is 4.20. The number of hydrogen-bond acceptors (Lipinski definition) is 1. The van der Waals surface area contributed by atoms with E-state index in [-0.39, 0.29) is 0 Å². The maximum absolute atomic E-state index is 4.76. The molecule has 0 bridgehead atoms. The van der Waals surface area contributed by atoms with E-state index < -0.39 is 0 Å². The minimum absolute atomic E-state index is 0.792. The lowest BCUT2D eigenvalue weighted by Gasteiger charge is -2.03. The molecule has 0 aliphatic carbocycles. The van der Waals surface area contributed by atoms with Gasteiger partial charge in [-0.15, -0.1) is 0 Å². The van der Waals surface area contributed by atoms with E-state index in [9.17, 15) is 0 Å². The van der Waals surface area contributed by atoms with E-state index >= 15 is 0 Å². The second-order valence-electron chi connectivity index (χ2n) is 4.84. The molecule has 19 heavy (non-hydrogen) atoms. The van der Waals surface area contributed by atoms with E-state index in [0.29, 0.717) is 0 Å². The van der Waals surface area contributed by atoms with Crippen LogP contribution in [0.3, 0.4) is 0 Å². The number of aromatic nitrogens is 2. The third-order valence-electron chi connectivity index (χ3n) is 3.32. The Morgan fingerprint density at radius 1 is 1.00 bits per heavy atom. The molecule has 1 aromatic carbocycles. The molecule has 2 heterocycles. The zero-order valence-electron chi connectivity index (χ0n) is 11.0. The Bertz CT molecular complexity index is 726. The first-order valence-electron chi connectivity index (χ1n) is 6.29. The Labute approximate surface area is 121 Å². The van der Waals surface area contributed by atoms with E-state index in [2.05, 4.69) is 76.8 Å². The number of pyridine rings is 1. The maximum atomic E-state index is 4.76. The number of halogens is 1. The molecule has 3 heteroatoms. The van der Waals surface area contributed by atoms with Crippen molar-refractivity contribution in [3.63, 3.8) is 0 Å². The standard InChI is InChI=1S/C16H15BrN2/c1-11-3-6-13(7-4-11)16-14(9-17)19-10-12(2)5-8-15(19)18-16/h3-8,10H,9H2,1-2H3. The van der Waals surface area contributed by atoms with Crippen LogP contribution < -0.4 is 0 Å². The van der Waals surface area contributed by atoms with Gasteiger partial charge in [-0.05, 0) is 25.5 Å². The zero-order chi connectivity index (χ0) is 13.4. The number of imidazole rings is 1. The van der Waals surface area contributed by atoms with Gasteiger partial charge in [0.15, 0.2) is 0 Å². The summed E-state index contributed by atoms with van der Waals surface area (Å²) in [6, 6.07) is 12.7. The van der Waals surface area contributed by atoms with Crippen LogP contribution in [0.4, 0.5) is 0 Å². The second kappa shape index (κ2) is 4.82. The molecule has 0 saturated heterocycles. The van der Waals surface area contributed by atoms with Crippen LogP contribution in [0, 0.1) is 13.8 Å². The summed E-state index contributed by atoms with van der Waals surface area (Å²) in [5.74, 6) is 0. The first-order chi connectivity index (χ1) is 9.19. The fourth-order valence-corrected chi connectivity index (χ4v) is 2.81. The minimum atomic E-state index is 0.792. The Hall–Kier alpha value is -1.61. The van der Waals surface area contributed by atoms with Crippen molar-refractivity contribution in [2.75, 3.05) is 0 Å². The van der Waals surface area contributed by atoms with Crippen LogP contribution in [-0.2, 0) is 5.33 Å². The lowest BCUT2D eigenvalue weighted by molar-refractivity contribution is 1.08. The fourth-order valence-electron chi connectivity index (χ4n) is 2.27. The Balaban J connectivity index is 2.25. The fraction of sp³-hybridized carbons (Fsp3) is 0.188. The van der Waals surface area contributed by atoms with Crippen molar-refractivity contribution in [3.05, 3.63) is 59.4 Å². The molecule has 0 aliphatic heterocycles. The number of hydrogen-bond donors (Lipinski definition) is 0. The summed E-state index contributed by atoms with van der Waals surface area (Å²) in [5.41, 5.74) is 6.92. The van der Waals surface area contributed by atoms with Crippen LogP contribution in [0.5, 0.6) is 0 Å². The summed E-state index contributed by atoms with van der Waals surface area (Å²) in [4.78, 5) is 4.76. The Morgan fingerprint density at radius 3 is 2.37 bits per heavy atom. The SMILES string of the molecule is Cc1ccc(-c2nc3ccc(C)cn3c2CBr)cc1. The van der Waals surface area contributed by atoms with Gasteiger partial charge < -0.3 is 4.40 Å². The molecule has 2 aromatic heterocycles. The third-order valence-corrected chi connectivity index (χ3v) is 3.85. The molecular formula is C16H15BrN2. The van der Waals surface area contributed by atoms with Crippen LogP contribution in [0.15, 0.2) is 42.6 Å². The van der Waals surface area contributed by atoms with Gasteiger partial charge in [0.05, 0.1) is 11.4 Å². The molecule has 0 atom stereocenters. The first kappa shape index (κ1) is 12.4. The topological polar surface area (TPSA) is 17.3 Å². The molecule has 2 nitrogen and oxygen atoms in total. The number of alkyl halides is 1. The summed E-state index contributed by atoms with van der Waals surface area (Å²) in [5, 5.41) is 0.792. The number of aryl methyl sites for hydroxylation is 2. The van der Waals surface area contributed by atoms with Crippen molar-refractivity contribution in [2.45, 2.75) is 19.2 Å². The largest absolute Gasteiger partial charge is 0.302 e. The van der Waals surface area contributed by atoms with E-state index in [1.165, 1.54) is 22.4 Å². The van der Waals surface area contributed by atoms with Gasteiger partial charge in [0.1, 0.15) is 5.65 Å². The monoisotopic (exact) mass is 314 g/mol. The molecule has 0 spiro atoms. The minimum Gasteiger partial charge on any atom is -0.302 e. The highest BCUT2D eigenvalue weighted by Gasteiger charge is 2.12. The van der Waals surface area contributed by atoms with Crippen molar-refractivity contribution in [3.8, 4) is 11.3 Å². The predicted octanol–water partition coefficient (Wildman–Crippen LogP) is 4.51. The zero-order valence-corrected chi connectivity index (χ0v) is 12.6. The molecule has 0 amide bonds. The third kappa shape index (κ3) is 2.19. The molecule has 0 saturated carbocycles. The molecular weight excluding hydrogens is 300 g/mol. The van der Waals surface area contributed by atoms with Gasteiger partial charge in [-0.3, -0.25) is 0 Å². The van der Waals surface area contributed by atoms with Gasteiger partial charge in [-0.1, -0.05) is 51.8 Å². The molecule has 3 aromatic rings. The van der Waals surface area contributed by atoms with Crippen LogP contribution in [-0.4, -0.2) is 9.38 Å². The lowest BCUT2D eigenvalue weighted by atomic mass is 10.1. The normalized spacial score (nSPS) is 11.1. The Morgan fingerprint density at radius 2 is 1.68 bits per heavy atom. The average molecular weight is 315 g/mol. The molecule has 0 aliphatic rings. The molecule has 0 fully saturated rings. The quantitative estimate of drug-likeness (QED) is 0.636. The van der Waals surface area contributed by atoms with Crippen molar-refractivity contribution in [2.24, 2.45) is 0 Å². The van der Waals surface area contributed by atoms with E-state index in [0.717, 1.165) is 16.7 Å². The highest BCUT2D eigenvalue weighted by atomic mass is 79.9. The molecule has 0 unspecified atom stereocenters. The average Bonchev–Trinajstić information content (AvgIpc) is 2.77. The van der Waals surface area contributed by atoms with Gasteiger partial charge in [-0.25, -0.2) is 4.98 Å². The van der Waals surface area contributed by atoms with E-state index in [1.54, 1.807) is 0 Å². The first-order valence-corrected chi connectivity index (χ1v) is 7.42. The van der Waals surface area contributed by atoms with E-state index in [1.807, 2.05) is 0 Å². The highest BCUT2D eigenvalue weighted by Crippen LogP contribution is 2.26. The van der Waals surface area contributed by atoms with Crippen LogP contribution in [0.2, 0.25) is 0 Å². The van der Waals surface area contributed by atoms with Crippen molar-refractivity contribution in [1.82, 2.24) is 9.38 Å². The molecule has 3 rings (SSSR count). The number of fused-ring (bicyclic) bond motifs is 1. The molecule has 0 radical (unpaired) electrons. The van der Waals surface area contributed by atoms with Crippen molar-refractivity contribution in [1.29, 1.82) is 0 Å². The van der Waals surface area contributed by atoms with Crippen LogP contribution in [0.1, 0.15) is 16.8 Å². The van der Waals surface area contributed by atoms with Gasteiger partial charge in [0.25, 0.3) is 0 Å². The number of nitrogens with zero attached hydrogens (tertiary/aromatic N) is 2. The summed E-state index contributed by atoms with van der Waals surface area (Å²) in [6.07, 6.45) is 2.14. The molecule has 96 valence electrons. The van der Waals surface area contributed by atoms with Crippen LogP contribution in [0.25, 0.3) is 16.9 Å². The summed E-state index contributed by atoms with van der Waals surface area (Å²) in [7, 11) is 0. The van der Waals surface area contributed by atoms with Gasteiger partial charge in [0.2, 0.25) is 0 Å². The van der Waals surface area contributed by atoms with Crippen molar-refractivity contribution < 1.29 is 0 Å². The predicted molar refractivity (Wildman–Crippen MR) is 82.7 cm³/mol. The van der Waals surface area contributed by atoms with E-state index in [4.69, 9.17) is 4.98 Å². The lowest BCUT2D eigenvalue weighted by Crippen LogP contribution is -1.91. The van der Waals surface area contributed by atoms with Crippen molar-refractivity contribution >= 4 is 21.6 Å². The smallest absolute Gasteiger partial charge is 0.137 e. The number of benzene rings is 1. The van der Waals surface area contributed by atoms with Gasteiger partial charge >= 0.3 is 0 Å². The van der Waals surface area contributed by atoms with Crippen LogP contribution >= 0.6 is 15.9 Å². The second-order valence-corrected chi connectivity index (χ2v) is 5.40.